The molecule has 0 aliphatic heterocycles. The average molecular weight is 204 g/mol. The number of nitrogens with one attached hydrogen (secondary N) is 1. The van der Waals surface area contributed by atoms with Gasteiger partial charge in [0.1, 0.15) is 0 Å². The van der Waals surface area contributed by atoms with Gasteiger partial charge in [-0.1, -0.05) is 13.0 Å². The summed E-state index contributed by atoms with van der Waals surface area (Å²) < 4.78 is 0. The smallest absolute Gasteiger partial charge is 0.0544 e. The molecule has 1 N–H and O–H groups in total. The van der Waals surface area contributed by atoms with E-state index < -0.39 is 0 Å². The van der Waals surface area contributed by atoms with Gasteiger partial charge in [-0.15, -0.1) is 0 Å². The van der Waals surface area contributed by atoms with E-state index in [0.717, 1.165) is 23.9 Å². The second-order valence-electron chi connectivity index (χ2n) is 4.77. The normalized spacial score (nSPS) is 25.7. The van der Waals surface area contributed by atoms with Crippen LogP contribution in [-0.4, -0.2) is 11.0 Å². The van der Waals surface area contributed by atoms with Crippen LogP contribution >= 0.6 is 0 Å². The summed E-state index contributed by atoms with van der Waals surface area (Å²) in [7, 11) is 0. The molecule has 0 spiro atoms. The number of rotatable bonds is 3. The van der Waals surface area contributed by atoms with Crippen LogP contribution in [0.3, 0.4) is 0 Å². The Kier molecular flexibility index (Phi) is 3.37. The van der Waals surface area contributed by atoms with Gasteiger partial charge in [-0.05, 0) is 44.2 Å². The van der Waals surface area contributed by atoms with E-state index >= 15 is 0 Å². The lowest BCUT2D eigenvalue weighted by Gasteiger charge is -2.11. The highest BCUT2D eigenvalue weighted by Gasteiger charge is 2.20. The molecule has 1 saturated carbocycles. The first-order valence-electron chi connectivity index (χ1n) is 5.90. The Labute approximate surface area is 92.1 Å². The van der Waals surface area contributed by atoms with E-state index in [-0.39, 0.29) is 0 Å². The van der Waals surface area contributed by atoms with E-state index in [1.165, 1.54) is 19.3 Å². The van der Waals surface area contributed by atoms with Crippen molar-refractivity contribution in [1.29, 1.82) is 0 Å². The zero-order chi connectivity index (χ0) is 10.7. The van der Waals surface area contributed by atoms with Gasteiger partial charge in [-0.3, -0.25) is 4.98 Å². The molecular weight excluding hydrogens is 184 g/mol. The molecule has 1 aromatic rings. The number of hydrogen-bond acceptors (Lipinski definition) is 2. The summed E-state index contributed by atoms with van der Waals surface area (Å²) in [5, 5.41) is 3.59. The monoisotopic (exact) mass is 204 g/mol. The van der Waals surface area contributed by atoms with E-state index in [1.807, 2.05) is 13.0 Å². The molecule has 0 bridgehead atoms. The summed E-state index contributed by atoms with van der Waals surface area (Å²) in [6.45, 7) is 5.30. The van der Waals surface area contributed by atoms with E-state index in [9.17, 15) is 0 Å². The fraction of sp³-hybridized carbons (Fsp3) is 0.615. The summed E-state index contributed by atoms with van der Waals surface area (Å²) in [5.41, 5.74) is 2.27. The highest BCUT2D eigenvalue weighted by Crippen LogP contribution is 2.24. The third-order valence-electron chi connectivity index (χ3n) is 3.21. The van der Waals surface area contributed by atoms with E-state index in [2.05, 4.69) is 29.4 Å². The van der Waals surface area contributed by atoms with Crippen molar-refractivity contribution in [2.45, 2.75) is 45.7 Å². The molecule has 2 rings (SSSR count). The maximum atomic E-state index is 4.49. The Balaban J connectivity index is 1.83. The van der Waals surface area contributed by atoms with Crippen LogP contribution in [-0.2, 0) is 6.54 Å². The van der Waals surface area contributed by atoms with Crippen LogP contribution in [0.15, 0.2) is 18.2 Å². The fourth-order valence-electron chi connectivity index (χ4n) is 2.34. The molecule has 1 aliphatic carbocycles. The molecular formula is C13H20N2. The van der Waals surface area contributed by atoms with Gasteiger partial charge in [0.15, 0.2) is 0 Å². The first-order chi connectivity index (χ1) is 7.24. The first-order valence-corrected chi connectivity index (χ1v) is 5.90. The molecule has 0 saturated heterocycles. The fourth-order valence-corrected chi connectivity index (χ4v) is 2.34. The molecule has 2 nitrogen and oxygen atoms in total. The minimum absolute atomic E-state index is 0.710. The van der Waals surface area contributed by atoms with Gasteiger partial charge in [0, 0.05) is 18.3 Å². The van der Waals surface area contributed by atoms with Gasteiger partial charge >= 0.3 is 0 Å². The molecule has 2 unspecified atom stereocenters. The third kappa shape index (κ3) is 3.03. The molecule has 1 fully saturated rings. The third-order valence-corrected chi connectivity index (χ3v) is 3.21. The highest BCUT2D eigenvalue weighted by atomic mass is 14.9. The van der Waals surface area contributed by atoms with Crippen LogP contribution in [0, 0.1) is 12.8 Å². The van der Waals surface area contributed by atoms with Crippen LogP contribution in [0.2, 0.25) is 0 Å². The molecule has 82 valence electrons. The van der Waals surface area contributed by atoms with Crippen LogP contribution < -0.4 is 5.32 Å². The van der Waals surface area contributed by atoms with Crippen molar-refractivity contribution in [3.8, 4) is 0 Å². The predicted octanol–water partition coefficient (Wildman–Crippen LogP) is 2.67. The maximum Gasteiger partial charge on any atom is 0.0544 e. The van der Waals surface area contributed by atoms with Crippen LogP contribution in [0.5, 0.6) is 0 Å². The molecule has 1 aromatic heterocycles. The molecule has 1 heterocycles. The van der Waals surface area contributed by atoms with Crippen molar-refractivity contribution in [3.05, 3.63) is 29.6 Å². The summed E-state index contributed by atoms with van der Waals surface area (Å²) in [6.07, 6.45) is 4.03. The van der Waals surface area contributed by atoms with Crippen molar-refractivity contribution >= 4 is 0 Å². The number of aromatic nitrogens is 1. The summed E-state index contributed by atoms with van der Waals surface area (Å²) in [5.74, 6) is 0.896. The highest BCUT2D eigenvalue weighted by molar-refractivity contribution is 5.09. The zero-order valence-electron chi connectivity index (χ0n) is 9.66. The number of pyridine rings is 1. The first kappa shape index (κ1) is 10.6. The number of aryl methyl sites for hydroxylation is 1. The van der Waals surface area contributed by atoms with Crippen LogP contribution in [0.1, 0.15) is 37.6 Å². The largest absolute Gasteiger partial charge is 0.308 e. The summed E-state index contributed by atoms with van der Waals surface area (Å²) >= 11 is 0. The van der Waals surface area contributed by atoms with Crippen molar-refractivity contribution < 1.29 is 0 Å². The summed E-state index contributed by atoms with van der Waals surface area (Å²) in [6, 6.07) is 6.93. The lowest BCUT2D eigenvalue weighted by atomic mass is 10.1. The minimum atomic E-state index is 0.710. The lowest BCUT2D eigenvalue weighted by Crippen LogP contribution is -2.26. The van der Waals surface area contributed by atoms with Gasteiger partial charge in [0.05, 0.1) is 5.69 Å². The van der Waals surface area contributed by atoms with Gasteiger partial charge in [-0.25, -0.2) is 0 Å². The van der Waals surface area contributed by atoms with Gasteiger partial charge in [0.25, 0.3) is 0 Å². The minimum Gasteiger partial charge on any atom is -0.308 e. The molecule has 0 amide bonds. The van der Waals surface area contributed by atoms with Gasteiger partial charge < -0.3 is 5.32 Å². The quantitative estimate of drug-likeness (QED) is 0.818. The van der Waals surface area contributed by atoms with Crippen LogP contribution in [0.4, 0.5) is 0 Å². The zero-order valence-corrected chi connectivity index (χ0v) is 9.66. The SMILES string of the molecule is Cc1cccc(CNC2CCC(C)C2)n1. The van der Waals surface area contributed by atoms with Gasteiger partial charge in [-0.2, -0.15) is 0 Å². The van der Waals surface area contributed by atoms with Crippen LogP contribution in [0.25, 0.3) is 0 Å². The topological polar surface area (TPSA) is 24.9 Å². The standard InChI is InChI=1S/C13H20N2/c1-10-6-7-12(8-10)14-9-13-5-3-4-11(2)15-13/h3-5,10,12,14H,6-9H2,1-2H3. The molecule has 2 heteroatoms. The predicted molar refractivity (Wildman–Crippen MR) is 62.6 cm³/mol. The van der Waals surface area contributed by atoms with Crippen molar-refractivity contribution in [1.82, 2.24) is 10.3 Å². The summed E-state index contributed by atoms with van der Waals surface area (Å²) in [4.78, 5) is 4.49. The number of nitrogens with zero attached hydrogens (tertiary/aromatic N) is 1. The Morgan fingerprint density at radius 3 is 2.93 bits per heavy atom. The van der Waals surface area contributed by atoms with Crippen molar-refractivity contribution in [2.75, 3.05) is 0 Å². The molecule has 0 aromatic carbocycles. The second kappa shape index (κ2) is 4.75. The molecule has 1 aliphatic rings. The Hall–Kier alpha value is -0.890. The second-order valence-corrected chi connectivity index (χ2v) is 4.77. The van der Waals surface area contributed by atoms with E-state index in [1.54, 1.807) is 0 Å². The Bertz CT molecular complexity index is 322. The van der Waals surface area contributed by atoms with Crippen molar-refractivity contribution in [3.63, 3.8) is 0 Å². The Morgan fingerprint density at radius 1 is 1.40 bits per heavy atom. The Morgan fingerprint density at radius 2 is 2.27 bits per heavy atom. The van der Waals surface area contributed by atoms with Gasteiger partial charge in [0.2, 0.25) is 0 Å². The lowest BCUT2D eigenvalue weighted by molar-refractivity contribution is 0.498. The molecule has 2 atom stereocenters. The molecule has 0 radical (unpaired) electrons. The van der Waals surface area contributed by atoms with E-state index in [0.29, 0.717) is 6.04 Å². The van der Waals surface area contributed by atoms with Crippen molar-refractivity contribution in [2.24, 2.45) is 5.92 Å². The molecule has 15 heavy (non-hydrogen) atoms. The maximum absolute atomic E-state index is 4.49. The average Bonchev–Trinajstić information content (AvgIpc) is 2.62. The number of hydrogen-bond donors (Lipinski definition) is 1. The van der Waals surface area contributed by atoms with E-state index in [4.69, 9.17) is 0 Å².